The van der Waals surface area contributed by atoms with Crippen molar-refractivity contribution in [3.63, 3.8) is 0 Å². The van der Waals surface area contributed by atoms with Crippen molar-refractivity contribution in [2.75, 3.05) is 27.2 Å². The Labute approximate surface area is 134 Å². The van der Waals surface area contributed by atoms with Crippen LogP contribution in [0.1, 0.15) is 21.7 Å². The van der Waals surface area contributed by atoms with Gasteiger partial charge >= 0.3 is 0 Å². The lowest BCUT2D eigenvalue weighted by Crippen LogP contribution is -2.31. The maximum Gasteiger partial charge on any atom is 0.251 e. The monoisotopic (exact) mass is 320 g/mol. The topological polar surface area (TPSA) is 67.3 Å². The smallest absolute Gasteiger partial charge is 0.251 e. The van der Waals surface area contributed by atoms with Gasteiger partial charge in [-0.25, -0.2) is 0 Å². The number of amides is 1. The summed E-state index contributed by atoms with van der Waals surface area (Å²) in [6, 6.07) is 7.09. The number of nitrogens with one attached hydrogen (secondary N) is 1. The Bertz CT molecular complexity index is 610. The number of likely N-dealkylation sites (N-methyl/N-ethyl adjacent to an activating group) is 1. The van der Waals surface area contributed by atoms with E-state index >= 15 is 0 Å². The highest BCUT2D eigenvalue weighted by Gasteiger charge is 2.07. The van der Waals surface area contributed by atoms with Gasteiger partial charge in [0, 0.05) is 18.7 Å². The number of aryl methyl sites for hydroxylation is 1. The molecule has 1 heterocycles. The van der Waals surface area contributed by atoms with Crippen LogP contribution in [0.5, 0.6) is 5.75 Å². The molecule has 6 nitrogen and oxygen atoms in total. The zero-order valence-corrected chi connectivity index (χ0v) is 13.8. The first-order chi connectivity index (χ1) is 10.6. The fourth-order valence-electron chi connectivity index (χ4n) is 1.73. The summed E-state index contributed by atoms with van der Waals surface area (Å²) < 4.78 is 13.9. The minimum absolute atomic E-state index is 0.0760. The van der Waals surface area contributed by atoms with Crippen LogP contribution < -0.4 is 10.1 Å². The Morgan fingerprint density at radius 2 is 2.00 bits per heavy atom. The summed E-state index contributed by atoms with van der Waals surface area (Å²) in [6.45, 7) is 3.73. The summed E-state index contributed by atoms with van der Waals surface area (Å²) in [5, 5.41) is 2.87. The number of rotatable bonds is 7. The summed E-state index contributed by atoms with van der Waals surface area (Å²) in [5.41, 5.74) is 2.36. The Morgan fingerprint density at radius 3 is 2.59 bits per heavy atom. The molecular weight excluding hydrogens is 300 g/mol. The number of aromatic nitrogens is 2. The van der Waals surface area contributed by atoms with Crippen molar-refractivity contribution in [2.45, 2.75) is 13.5 Å². The van der Waals surface area contributed by atoms with Gasteiger partial charge in [-0.15, -0.1) is 0 Å². The normalized spacial score (nSPS) is 10.7. The van der Waals surface area contributed by atoms with E-state index in [1.54, 1.807) is 24.3 Å². The molecule has 22 heavy (non-hydrogen) atoms. The maximum absolute atomic E-state index is 11.9. The van der Waals surface area contributed by atoms with Crippen molar-refractivity contribution in [1.82, 2.24) is 19.0 Å². The number of hydrogen-bond donors (Lipinski definition) is 1. The van der Waals surface area contributed by atoms with Crippen LogP contribution in [0.4, 0.5) is 0 Å². The van der Waals surface area contributed by atoms with Crippen LogP contribution in [-0.2, 0) is 6.61 Å². The van der Waals surface area contributed by atoms with E-state index in [9.17, 15) is 4.79 Å². The van der Waals surface area contributed by atoms with Gasteiger partial charge in [0.05, 0.1) is 17.4 Å². The molecule has 7 heteroatoms. The minimum atomic E-state index is -0.0760. The number of nitrogens with zero attached hydrogens (tertiary/aromatic N) is 3. The van der Waals surface area contributed by atoms with Crippen LogP contribution in [-0.4, -0.2) is 46.7 Å². The van der Waals surface area contributed by atoms with E-state index in [1.807, 2.05) is 25.9 Å². The molecule has 0 aliphatic carbocycles. The quantitative estimate of drug-likeness (QED) is 0.841. The van der Waals surface area contributed by atoms with Crippen molar-refractivity contribution in [3.05, 3.63) is 41.2 Å². The molecular formula is C15H20N4O2S. The molecule has 1 aromatic carbocycles. The molecule has 0 bridgehead atoms. The van der Waals surface area contributed by atoms with Crippen LogP contribution in [0.2, 0.25) is 0 Å². The SMILES string of the molecule is Cc1nsnc1COc1ccc(C(=O)NCCN(C)C)cc1. The summed E-state index contributed by atoms with van der Waals surface area (Å²) in [5.74, 6) is 0.630. The van der Waals surface area contributed by atoms with Crippen LogP contribution in [0.3, 0.4) is 0 Å². The van der Waals surface area contributed by atoms with Gasteiger partial charge in [-0.3, -0.25) is 4.79 Å². The van der Waals surface area contributed by atoms with Gasteiger partial charge in [0.2, 0.25) is 0 Å². The standard InChI is InChI=1S/C15H20N4O2S/c1-11-14(18-22-17-11)10-21-13-6-4-12(5-7-13)15(20)16-8-9-19(2)3/h4-7H,8-10H2,1-3H3,(H,16,20). The third-order valence-corrected chi connectivity index (χ3v) is 3.74. The van der Waals surface area contributed by atoms with E-state index in [2.05, 4.69) is 14.1 Å². The molecule has 0 spiro atoms. The van der Waals surface area contributed by atoms with Gasteiger partial charge in [-0.05, 0) is 45.3 Å². The van der Waals surface area contributed by atoms with Gasteiger partial charge in [-0.1, -0.05) is 0 Å². The van der Waals surface area contributed by atoms with Crippen molar-refractivity contribution in [3.8, 4) is 5.75 Å². The lowest BCUT2D eigenvalue weighted by Gasteiger charge is -2.10. The lowest BCUT2D eigenvalue weighted by molar-refractivity contribution is 0.0951. The molecule has 0 fully saturated rings. The van der Waals surface area contributed by atoms with Crippen molar-refractivity contribution in [2.24, 2.45) is 0 Å². The van der Waals surface area contributed by atoms with Crippen LogP contribution in [0.25, 0.3) is 0 Å². The van der Waals surface area contributed by atoms with E-state index < -0.39 is 0 Å². The molecule has 0 saturated carbocycles. The molecule has 1 amide bonds. The number of ether oxygens (including phenoxy) is 1. The van der Waals surface area contributed by atoms with Crippen LogP contribution >= 0.6 is 11.7 Å². The van der Waals surface area contributed by atoms with E-state index in [0.29, 0.717) is 24.5 Å². The zero-order valence-electron chi connectivity index (χ0n) is 13.0. The Kier molecular flexibility index (Phi) is 5.85. The number of benzene rings is 1. The third kappa shape index (κ3) is 4.78. The first-order valence-electron chi connectivity index (χ1n) is 7.00. The second-order valence-corrected chi connectivity index (χ2v) is 5.70. The lowest BCUT2D eigenvalue weighted by atomic mass is 10.2. The molecule has 0 unspecified atom stereocenters. The first-order valence-corrected chi connectivity index (χ1v) is 7.73. The molecule has 0 aliphatic heterocycles. The number of hydrogen-bond acceptors (Lipinski definition) is 6. The van der Waals surface area contributed by atoms with Gasteiger partial charge in [0.15, 0.2) is 0 Å². The Hall–Kier alpha value is -1.99. The third-order valence-electron chi connectivity index (χ3n) is 3.08. The molecule has 2 aromatic rings. The molecule has 1 aromatic heterocycles. The second-order valence-electron chi connectivity index (χ2n) is 5.17. The van der Waals surface area contributed by atoms with Crippen LogP contribution in [0, 0.1) is 6.92 Å². The molecule has 0 saturated heterocycles. The molecule has 0 aliphatic rings. The highest BCUT2D eigenvalue weighted by atomic mass is 32.1. The fourth-order valence-corrected chi connectivity index (χ4v) is 2.28. The summed E-state index contributed by atoms with van der Waals surface area (Å²) in [6.07, 6.45) is 0. The summed E-state index contributed by atoms with van der Waals surface area (Å²) >= 11 is 1.18. The predicted octanol–water partition coefficient (Wildman–Crippen LogP) is 1.72. The van der Waals surface area contributed by atoms with E-state index in [1.165, 1.54) is 11.7 Å². The minimum Gasteiger partial charge on any atom is -0.487 e. The first kappa shape index (κ1) is 16.4. The van der Waals surface area contributed by atoms with Crippen molar-refractivity contribution < 1.29 is 9.53 Å². The average Bonchev–Trinajstić information content (AvgIpc) is 2.90. The summed E-state index contributed by atoms with van der Waals surface area (Å²) in [4.78, 5) is 14.0. The number of carbonyl (C=O) groups excluding carboxylic acids is 1. The maximum atomic E-state index is 11.9. The number of carbonyl (C=O) groups is 1. The zero-order chi connectivity index (χ0) is 15.9. The highest BCUT2D eigenvalue weighted by Crippen LogP contribution is 2.15. The predicted molar refractivity (Wildman–Crippen MR) is 86.3 cm³/mol. The Balaban J connectivity index is 1.84. The highest BCUT2D eigenvalue weighted by molar-refractivity contribution is 6.99. The van der Waals surface area contributed by atoms with Gasteiger partial charge < -0.3 is 15.0 Å². The average molecular weight is 320 g/mol. The van der Waals surface area contributed by atoms with Crippen molar-refractivity contribution >= 4 is 17.6 Å². The van der Waals surface area contributed by atoms with E-state index in [-0.39, 0.29) is 5.91 Å². The van der Waals surface area contributed by atoms with E-state index in [4.69, 9.17) is 4.74 Å². The van der Waals surface area contributed by atoms with Gasteiger partial charge in [0.25, 0.3) is 5.91 Å². The van der Waals surface area contributed by atoms with Gasteiger partial charge in [0.1, 0.15) is 18.1 Å². The van der Waals surface area contributed by atoms with Crippen LogP contribution in [0.15, 0.2) is 24.3 Å². The summed E-state index contributed by atoms with van der Waals surface area (Å²) in [7, 11) is 3.94. The molecule has 1 N–H and O–H groups in total. The Morgan fingerprint density at radius 1 is 1.27 bits per heavy atom. The fraction of sp³-hybridized carbons (Fsp3) is 0.400. The molecule has 0 atom stereocenters. The largest absolute Gasteiger partial charge is 0.487 e. The molecule has 118 valence electrons. The second kappa shape index (κ2) is 7.86. The molecule has 0 radical (unpaired) electrons. The van der Waals surface area contributed by atoms with Gasteiger partial charge in [-0.2, -0.15) is 8.75 Å². The van der Waals surface area contributed by atoms with Crippen molar-refractivity contribution in [1.29, 1.82) is 0 Å². The van der Waals surface area contributed by atoms with E-state index in [0.717, 1.165) is 17.9 Å². The molecule has 2 rings (SSSR count).